The van der Waals surface area contributed by atoms with Gasteiger partial charge in [0, 0.05) is 11.6 Å². The van der Waals surface area contributed by atoms with Crippen LogP contribution in [-0.2, 0) is 11.3 Å². The number of halogens is 3. The predicted octanol–water partition coefficient (Wildman–Crippen LogP) is 3.86. The van der Waals surface area contributed by atoms with Crippen molar-refractivity contribution in [3.05, 3.63) is 69.5 Å². The maximum Gasteiger partial charge on any atom is 0.323 e. The molecule has 1 amide bonds. The summed E-state index contributed by atoms with van der Waals surface area (Å²) in [7, 11) is 0. The molecule has 0 aliphatic carbocycles. The second-order valence-corrected chi connectivity index (χ2v) is 5.65. The van der Waals surface area contributed by atoms with Crippen LogP contribution in [0, 0.1) is 5.82 Å². The van der Waals surface area contributed by atoms with Gasteiger partial charge in [-0.25, -0.2) is 4.39 Å². The Labute approximate surface area is 142 Å². The van der Waals surface area contributed by atoms with Crippen LogP contribution < -0.4 is 0 Å². The molecule has 0 aliphatic rings. The van der Waals surface area contributed by atoms with E-state index >= 15 is 0 Å². The van der Waals surface area contributed by atoms with Gasteiger partial charge in [-0.2, -0.15) is 0 Å². The monoisotopic (exact) mass is 355 g/mol. The Bertz CT molecular complexity index is 735. The van der Waals surface area contributed by atoms with Gasteiger partial charge in [-0.15, -0.1) is 0 Å². The molecule has 0 heterocycles. The standard InChI is InChI=1S/C16H12Cl2FNO3/c17-11-3-6-13(14(18)7-11)16(23)20(9-15(21)22)8-10-1-4-12(19)5-2-10/h1-7H,8-9H2,(H,21,22). The van der Waals surface area contributed by atoms with E-state index in [1.54, 1.807) is 0 Å². The zero-order valence-corrected chi connectivity index (χ0v) is 13.3. The molecular formula is C16H12Cl2FNO3. The molecule has 120 valence electrons. The Balaban J connectivity index is 2.28. The van der Waals surface area contributed by atoms with Gasteiger partial charge >= 0.3 is 5.97 Å². The van der Waals surface area contributed by atoms with Crippen LogP contribution in [0.15, 0.2) is 42.5 Å². The van der Waals surface area contributed by atoms with E-state index in [0.717, 1.165) is 4.90 Å². The number of carboxylic acids is 1. The molecule has 0 spiro atoms. The van der Waals surface area contributed by atoms with Gasteiger partial charge in [0.15, 0.2) is 0 Å². The minimum Gasteiger partial charge on any atom is -0.480 e. The Hall–Kier alpha value is -2.11. The largest absolute Gasteiger partial charge is 0.480 e. The molecular weight excluding hydrogens is 344 g/mol. The third-order valence-electron chi connectivity index (χ3n) is 3.06. The highest BCUT2D eigenvalue weighted by Crippen LogP contribution is 2.23. The fourth-order valence-corrected chi connectivity index (χ4v) is 2.50. The number of benzene rings is 2. The number of nitrogens with zero attached hydrogens (tertiary/aromatic N) is 1. The van der Waals surface area contributed by atoms with Crippen LogP contribution in [0.2, 0.25) is 10.0 Å². The fourth-order valence-electron chi connectivity index (χ4n) is 2.01. The minimum atomic E-state index is -1.16. The average molecular weight is 356 g/mol. The maximum atomic E-state index is 12.9. The van der Waals surface area contributed by atoms with E-state index in [-0.39, 0.29) is 17.1 Å². The van der Waals surface area contributed by atoms with E-state index in [1.807, 2.05) is 0 Å². The molecule has 0 aromatic heterocycles. The van der Waals surface area contributed by atoms with Crippen LogP contribution in [-0.4, -0.2) is 28.4 Å². The summed E-state index contributed by atoms with van der Waals surface area (Å²) in [6.45, 7) is -0.487. The third kappa shape index (κ3) is 4.68. The summed E-state index contributed by atoms with van der Waals surface area (Å²) in [4.78, 5) is 24.7. The van der Waals surface area contributed by atoms with Crippen molar-refractivity contribution in [3.8, 4) is 0 Å². The molecule has 0 radical (unpaired) electrons. The molecule has 2 aromatic rings. The lowest BCUT2D eigenvalue weighted by atomic mass is 10.1. The molecule has 0 atom stereocenters. The number of hydrogen-bond acceptors (Lipinski definition) is 2. The van der Waals surface area contributed by atoms with Gasteiger partial charge in [-0.3, -0.25) is 9.59 Å². The number of carboxylic acid groups (broad SMARTS) is 1. The lowest BCUT2D eigenvalue weighted by Crippen LogP contribution is -2.35. The summed E-state index contributed by atoms with van der Waals surface area (Å²) >= 11 is 11.8. The molecule has 0 unspecified atom stereocenters. The van der Waals surface area contributed by atoms with Crippen molar-refractivity contribution in [1.29, 1.82) is 0 Å². The second-order valence-electron chi connectivity index (χ2n) is 4.81. The Morgan fingerprint density at radius 2 is 1.74 bits per heavy atom. The van der Waals surface area contributed by atoms with Crippen LogP contribution in [0.4, 0.5) is 4.39 Å². The SMILES string of the molecule is O=C(O)CN(Cc1ccc(F)cc1)C(=O)c1ccc(Cl)cc1Cl. The van der Waals surface area contributed by atoms with Crippen molar-refractivity contribution >= 4 is 35.1 Å². The van der Waals surface area contributed by atoms with Gasteiger partial charge in [0.25, 0.3) is 5.91 Å². The van der Waals surface area contributed by atoms with Crippen LogP contribution >= 0.6 is 23.2 Å². The minimum absolute atomic E-state index is 0.0182. The Morgan fingerprint density at radius 3 is 2.30 bits per heavy atom. The highest BCUT2D eigenvalue weighted by Gasteiger charge is 2.21. The second kappa shape index (κ2) is 7.44. The van der Waals surface area contributed by atoms with Gasteiger partial charge in [-0.1, -0.05) is 35.3 Å². The smallest absolute Gasteiger partial charge is 0.323 e. The first kappa shape index (κ1) is 17.2. The van der Waals surface area contributed by atoms with Crippen LogP contribution in [0.1, 0.15) is 15.9 Å². The lowest BCUT2D eigenvalue weighted by molar-refractivity contribution is -0.137. The first-order valence-electron chi connectivity index (χ1n) is 6.57. The summed E-state index contributed by atoms with van der Waals surface area (Å²) in [5.74, 6) is -2.12. The van der Waals surface area contributed by atoms with E-state index in [1.165, 1.54) is 42.5 Å². The molecule has 23 heavy (non-hydrogen) atoms. The third-order valence-corrected chi connectivity index (χ3v) is 3.61. The van der Waals surface area contributed by atoms with Crippen molar-refractivity contribution in [2.75, 3.05) is 6.54 Å². The lowest BCUT2D eigenvalue weighted by Gasteiger charge is -2.21. The first-order chi connectivity index (χ1) is 10.9. The van der Waals surface area contributed by atoms with Crippen LogP contribution in [0.25, 0.3) is 0 Å². The van der Waals surface area contributed by atoms with Gasteiger partial charge in [0.2, 0.25) is 0 Å². The summed E-state index contributed by atoms with van der Waals surface area (Å²) in [6, 6.07) is 9.81. The first-order valence-corrected chi connectivity index (χ1v) is 7.33. The van der Waals surface area contributed by atoms with Gasteiger partial charge in [-0.05, 0) is 35.9 Å². The number of amides is 1. The molecule has 0 fully saturated rings. The highest BCUT2D eigenvalue weighted by atomic mass is 35.5. The predicted molar refractivity (Wildman–Crippen MR) is 85.2 cm³/mol. The summed E-state index contributed by atoms with van der Waals surface area (Å²) < 4.78 is 12.9. The summed E-state index contributed by atoms with van der Waals surface area (Å²) in [6.07, 6.45) is 0. The van der Waals surface area contributed by atoms with Gasteiger partial charge < -0.3 is 10.0 Å². The molecule has 2 aromatic carbocycles. The van der Waals surface area contributed by atoms with Crippen molar-refractivity contribution in [2.24, 2.45) is 0 Å². The Kier molecular flexibility index (Phi) is 5.58. The van der Waals surface area contributed by atoms with Gasteiger partial charge in [0.1, 0.15) is 12.4 Å². The van der Waals surface area contributed by atoms with E-state index in [0.29, 0.717) is 10.6 Å². The van der Waals surface area contributed by atoms with Crippen LogP contribution in [0.5, 0.6) is 0 Å². The molecule has 1 N–H and O–H groups in total. The van der Waals surface area contributed by atoms with Crippen molar-refractivity contribution in [3.63, 3.8) is 0 Å². The van der Waals surface area contributed by atoms with E-state index in [9.17, 15) is 14.0 Å². The zero-order chi connectivity index (χ0) is 17.0. The Morgan fingerprint density at radius 1 is 1.09 bits per heavy atom. The van der Waals surface area contributed by atoms with E-state index in [2.05, 4.69) is 0 Å². The van der Waals surface area contributed by atoms with Crippen molar-refractivity contribution in [1.82, 2.24) is 4.90 Å². The number of hydrogen-bond donors (Lipinski definition) is 1. The van der Waals surface area contributed by atoms with E-state index < -0.39 is 24.2 Å². The summed E-state index contributed by atoms with van der Waals surface area (Å²) in [5.41, 5.74) is 0.755. The molecule has 4 nitrogen and oxygen atoms in total. The number of carbonyl (C=O) groups excluding carboxylic acids is 1. The average Bonchev–Trinajstić information content (AvgIpc) is 2.48. The maximum absolute atomic E-state index is 12.9. The van der Waals surface area contributed by atoms with Gasteiger partial charge in [0.05, 0.1) is 10.6 Å². The molecule has 7 heteroatoms. The van der Waals surface area contributed by atoms with Crippen LogP contribution in [0.3, 0.4) is 0 Å². The molecule has 0 aliphatic heterocycles. The van der Waals surface area contributed by atoms with E-state index in [4.69, 9.17) is 28.3 Å². The molecule has 2 rings (SSSR count). The summed E-state index contributed by atoms with van der Waals surface area (Å²) in [5, 5.41) is 9.51. The van der Waals surface area contributed by atoms with Crippen molar-refractivity contribution < 1.29 is 19.1 Å². The quantitative estimate of drug-likeness (QED) is 0.885. The van der Waals surface area contributed by atoms with Crippen molar-refractivity contribution in [2.45, 2.75) is 6.54 Å². The molecule has 0 saturated heterocycles. The number of rotatable bonds is 5. The molecule has 0 bridgehead atoms. The topological polar surface area (TPSA) is 57.6 Å². The fraction of sp³-hybridized carbons (Fsp3) is 0.125. The number of carbonyl (C=O) groups is 2. The highest BCUT2D eigenvalue weighted by molar-refractivity contribution is 6.36. The zero-order valence-electron chi connectivity index (χ0n) is 11.8. The normalized spacial score (nSPS) is 10.4. The number of aliphatic carboxylic acids is 1. The molecule has 0 saturated carbocycles.